The third kappa shape index (κ3) is 5.67. The van der Waals surface area contributed by atoms with Gasteiger partial charge in [-0.1, -0.05) is 0 Å². The molecule has 16 nitrogen and oxygen atoms in total. The number of hydrogen-bond acceptors (Lipinski definition) is 16. The number of ether oxygens (including phenoxy) is 4. The van der Waals surface area contributed by atoms with Gasteiger partial charge in [0.25, 0.3) is 0 Å². The van der Waals surface area contributed by atoms with E-state index in [4.69, 9.17) is 23.4 Å². The van der Waals surface area contributed by atoms with Crippen LogP contribution in [0, 0.1) is 0 Å². The van der Waals surface area contributed by atoms with Gasteiger partial charge in [0, 0.05) is 17.7 Å². The van der Waals surface area contributed by atoms with Crippen molar-refractivity contribution in [3.05, 3.63) is 40.6 Å². The van der Waals surface area contributed by atoms with Crippen molar-refractivity contribution in [3.8, 4) is 40.1 Å². The van der Waals surface area contributed by atoms with Crippen LogP contribution in [0.1, 0.15) is 6.92 Å². The largest absolute Gasteiger partial charge is 0.508 e. The summed E-state index contributed by atoms with van der Waals surface area (Å²) in [5.74, 6) is -3.33. The van der Waals surface area contributed by atoms with E-state index in [1.54, 1.807) is 0 Å². The zero-order valence-corrected chi connectivity index (χ0v) is 22.3. The summed E-state index contributed by atoms with van der Waals surface area (Å²) in [6, 6.07) is 5.24. The standard InChI is InChI=1S/C27H30O16/c1-8-17(32)20(35)22(37)26(40-8)39-7-15-18(33)21(36)23(38)27(42-15)43-25-19(34)16-13(31)5-10(28)6-14(16)41-24(25)9-2-3-11(29)12(30)4-9/h2-6,8,15,17-18,20-23,26-33,35-38H,7H2,1H3/t8-,15+,17-,18+,20+,21-,22+,23+,26-,27+/m0/s1. The molecule has 5 rings (SSSR count). The molecule has 234 valence electrons. The van der Waals surface area contributed by atoms with E-state index in [2.05, 4.69) is 0 Å². The van der Waals surface area contributed by atoms with Gasteiger partial charge in [0.1, 0.15) is 65.2 Å². The van der Waals surface area contributed by atoms with Gasteiger partial charge in [-0.05, 0) is 25.1 Å². The number of benzene rings is 2. The van der Waals surface area contributed by atoms with Crippen LogP contribution >= 0.6 is 0 Å². The Hall–Kier alpha value is -3.71. The van der Waals surface area contributed by atoms with Crippen LogP contribution in [0.4, 0.5) is 0 Å². The molecule has 0 saturated carbocycles. The zero-order chi connectivity index (χ0) is 31.3. The van der Waals surface area contributed by atoms with Crippen molar-refractivity contribution >= 4 is 11.0 Å². The first kappa shape index (κ1) is 30.7. The highest BCUT2D eigenvalue weighted by Crippen LogP contribution is 2.39. The van der Waals surface area contributed by atoms with E-state index in [0.29, 0.717) is 0 Å². The molecular weight excluding hydrogens is 580 g/mol. The first-order valence-corrected chi connectivity index (χ1v) is 13.0. The van der Waals surface area contributed by atoms with Crippen LogP contribution in [0.15, 0.2) is 39.5 Å². The molecule has 2 aromatic carbocycles. The molecule has 0 spiro atoms. The van der Waals surface area contributed by atoms with Crippen LogP contribution in [-0.4, -0.2) is 119 Å². The van der Waals surface area contributed by atoms with Crippen LogP contribution in [-0.2, 0) is 14.2 Å². The van der Waals surface area contributed by atoms with Gasteiger partial charge in [-0.25, -0.2) is 0 Å². The monoisotopic (exact) mass is 610 g/mol. The number of hydrogen-bond donors (Lipinski definition) is 10. The van der Waals surface area contributed by atoms with Gasteiger partial charge < -0.3 is 74.4 Å². The fraction of sp³-hybridized carbons (Fsp3) is 0.444. The van der Waals surface area contributed by atoms with E-state index in [9.17, 15) is 55.9 Å². The molecule has 2 fully saturated rings. The Morgan fingerprint density at radius 2 is 1.42 bits per heavy atom. The number of rotatable bonds is 6. The maximum atomic E-state index is 13.6. The average Bonchev–Trinajstić information content (AvgIpc) is 2.96. The van der Waals surface area contributed by atoms with E-state index in [0.717, 1.165) is 24.3 Å². The molecular formula is C27H30O16. The Morgan fingerprint density at radius 3 is 2.12 bits per heavy atom. The predicted octanol–water partition coefficient (Wildman–Crippen LogP) is -1.69. The van der Waals surface area contributed by atoms with E-state index in [-0.39, 0.29) is 11.1 Å². The van der Waals surface area contributed by atoms with Gasteiger partial charge in [0.15, 0.2) is 23.5 Å². The third-order valence-corrected chi connectivity index (χ3v) is 7.29. The number of aliphatic hydroxyl groups excluding tert-OH is 6. The van der Waals surface area contributed by atoms with Gasteiger partial charge in [0.05, 0.1) is 12.7 Å². The minimum Gasteiger partial charge on any atom is -0.508 e. The minimum absolute atomic E-state index is 0.0313. The van der Waals surface area contributed by atoms with Gasteiger partial charge in [-0.15, -0.1) is 0 Å². The quantitative estimate of drug-likeness (QED) is 0.140. The Kier molecular flexibility index (Phi) is 8.41. The van der Waals surface area contributed by atoms with Crippen molar-refractivity contribution in [2.24, 2.45) is 0 Å². The number of fused-ring (bicyclic) bond motifs is 1. The third-order valence-electron chi connectivity index (χ3n) is 7.29. The highest BCUT2D eigenvalue weighted by atomic mass is 16.7. The summed E-state index contributed by atoms with van der Waals surface area (Å²) in [7, 11) is 0. The molecule has 0 radical (unpaired) electrons. The zero-order valence-electron chi connectivity index (χ0n) is 22.3. The van der Waals surface area contributed by atoms with Crippen LogP contribution < -0.4 is 10.2 Å². The van der Waals surface area contributed by atoms with Crippen molar-refractivity contribution in [1.29, 1.82) is 0 Å². The fourth-order valence-corrected chi connectivity index (χ4v) is 4.84. The van der Waals surface area contributed by atoms with Crippen molar-refractivity contribution in [2.75, 3.05) is 6.61 Å². The summed E-state index contributed by atoms with van der Waals surface area (Å²) in [4.78, 5) is 13.6. The van der Waals surface area contributed by atoms with Crippen LogP contribution in [0.25, 0.3) is 22.3 Å². The number of phenols is 4. The Balaban J connectivity index is 1.48. The normalized spacial score (nSPS) is 33.0. The van der Waals surface area contributed by atoms with Gasteiger partial charge >= 0.3 is 0 Å². The minimum atomic E-state index is -1.97. The fourth-order valence-electron chi connectivity index (χ4n) is 4.84. The van der Waals surface area contributed by atoms with Crippen LogP contribution in [0.3, 0.4) is 0 Å². The maximum Gasteiger partial charge on any atom is 0.239 e. The molecule has 10 atom stereocenters. The molecule has 2 aliphatic rings. The number of aromatic hydroxyl groups is 4. The highest BCUT2D eigenvalue weighted by Gasteiger charge is 2.47. The van der Waals surface area contributed by atoms with Gasteiger partial charge in [0.2, 0.25) is 17.5 Å². The predicted molar refractivity (Wildman–Crippen MR) is 140 cm³/mol. The average molecular weight is 611 g/mol. The molecule has 3 heterocycles. The van der Waals surface area contributed by atoms with E-state index in [1.807, 2.05) is 0 Å². The lowest BCUT2D eigenvalue weighted by molar-refractivity contribution is -0.318. The second-order valence-corrected chi connectivity index (χ2v) is 10.3. The highest BCUT2D eigenvalue weighted by molar-refractivity contribution is 5.88. The summed E-state index contributed by atoms with van der Waals surface area (Å²) in [5, 5.41) is 101. The molecule has 10 N–H and O–H groups in total. The van der Waals surface area contributed by atoms with Crippen molar-refractivity contribution in [1.82, 2.24) is 0 Å². The van der Waals surface area contributed by atoms with Crippen molar-refractivity contribution in [3.63, 3.8) is 0 Å². The molecule has 1 aromatic heterocycles. The SMILES string of the molecule is C[C@@H]1O[C@H](OC[C@H]2O[C@H](Oc3c(-c4ccc(O)c(O)c4)oc4cc(O)cc(O)c4c3=O)[C@H](O)[C@@H](O)[C@@H]2O)[C@H](O)[C@H](O)[C@H]1O. The molecule has 3 aromatic rings. The second kappa shape index (κ2) is 11.8. The summed E-state index contributed by atoms with van der Waals surface area (Å²) in [6.45, 7) is 0.818. The molecule has 0 bridgehead atoms. The van der Waals surface area contributed by atoms with Crippen LogP contribution in [0.2, 0.25) is 0 Å². The summed E-state index contributed by atoms with van der Waals surface area (Å²) < 4.78 is 27.8. The van der Waals surface area contributed by atoms with Crippen molar-refractivity contribution in [2.45, 2.75) is 68.3 Å². The lowest BCUT2D eigenvalue weighted by Gasteiger charge is -2.42. The topological polar surface area (TPSA) is 269 Å². The Labute approximate surface area is 241 Å². The lowest BCUT2D eigenvalue weighted by atomic mass is 9.98. The van der Waals surface area contributed by atoms with E-state index >= 15 is 0 Å². The lowest BCUT2D eigenvalue weighted by Crippen LogP contribution is -2.61. The molecule has 43 heavy (non-hydrogen) atoms. The molecule has 0 amide bonds. The molecule has 0 aliphatic carbocycles. The second-order valence-electron chi connectivity index (χ2n) is 10.3. The van der Waals surface area contributed by atoms with Crippen LogP contribution in [0.5, 0.6) is 28.7 Å². The summed E-state index contributed by atoms with van der Waals surface area (Å²) in [5.41, 5.74) is -1.35. The maximum absolute atomic E-state index is 13.6. The van der Waals surface area contributed by atoms with Gasteiger partial charge in [-0.2, -0.15) is 0 Å². The van der Waals surface area contributed by atoms with E-state index in [1.165, 1.54) is 13.0 Å². The van der Waals surface area contributed by atoms with Crippen molar-refractivity contribution < 1.29 is 74.4 Å². The molecule has 0 unspecified atom stereocenters. The first-order chi connectivity index (χ1) is 20.3. The Bertz CT molecular complexity index is 1540. The molecule has 16 heteroatoms. The van der Waals surface area contributed by atoms with Gasteiger partial charge in [-0.3, -0.25) is 4.79 Å². The summed E-state index contributed by atoms with van der Waals surface area (Å²) in [6.07, 6.45) is -16.2. The smallest absolute Gasteiger partial charge is 0.239 e. The Morgan fingerprint density at radius 1 is 0.744 bits per heavy atom. The summed E-state index contributed by atoms with van der Waals surface area (Å²) >= 11 is 0. The first-order valence-electron chi connectivity index (χ1n) is 13.0. The number of phenolic OH excluding ortho intramolecular Hbond substituents is 4. The van der Waals surface area contributed by atoms with E-state index < -0.39 is 113 Å². The molecule has 2 aliphatic heterocycles. The number of aliphatic hydroxyl groups is 6. The molecule has 2 saturated heterocycles.